The molecule has 302 valence electrons. The third kappa shape index (κ3) is 39.5. The summed E-state index contributed by atoms with van der Waals surface area (Å²) in [5.74, 6) is -0.0766. The first-order valence-electron chi connectivity index (χ1n) is 22.4. The SMILES string of the molecule is CCCCCCCCCCCCCCC(=O)O[C@H](COC(=O)CCCCCCCCCCCCC)COC(=O)CCCCCCCCCC(C)C. The van der Waals surface area contributed by atoms with E-state index in [9.17, 15) is 14.4 Å². The van der Waals surface area contributed by atoms with Gasteiger partial charge < -0.3 is 14.2 Å². The summed E-state index contributed by atoms with van der Waals surface area (Å²) in [4.78, 5) is 37.6. The van der Waals surface area contributed by atoms with Crippen LogP contribution in [0.3, 0.4) is 0 Å². The molecule has 0 saturated carbocycles. The molecule has 0 aliphatic carbocycles. The van der Waals surface area contributed by atoms with Gasteiger partial charge in [-0.3, -0.25) is 14.4 Å². The number of hydrogen-bond acceptors (Lipinski definition) is 6. The minimum absolute atomic E-state index is 0.0643. The highest BCUT2D eigenvalue weighted by Gasteiger charge is 2.19. The molecule has 0 amide bonds. The molecule has 0 bridgehead atoms. The molecular weight excluding hydrogens is 636 g/mol. The summed E-state index contributed by atoms with van der Waals surface area (Å²) in [6.45, 7) is 8.93. The van der Waals surface area contributed by atoms with E-state index in [2.05, 4.69) is 27.7 Å². The maximum atomic E-state index is 12.7. The second-order valence-corrected chi connectivity index (χ2v) is 15.8. The Bertz CT molecular complexity index is 766. The summed E-state index contributed by atoms with van der Waals surface area (Å²) in [5.41, 5.74) is 0. The van der Waals surface area contributed by atoms with Crippen molar-refractivity contribution >= 4 is 17.9 Å². The van der Waals surface area contributed by atoms with E-state index in [0.717, 1.165) is 63.7 Å². The summed E-state index contributed by atoms with van der Waals surface area (Å²) in [7, 11) is 0. The van der Waals surface area contributed by atoms with Crippen molar-refractivity contribution in [3.05, 3.63) is 0 Å². The van der Waals surface area contributed by atoms with Gasteiger partial charge in [0.25, 0.3) is 0 Å². The number of unbranched alkanes of at least 4 members (excludes halogenated alkanes) is 27. The number of ether oxygens (including phenoxy) is 3. The Balaban J connectivity index is 4.34. The standard InChI is InChI=1S/C45H86O6/c1-5-7-9-11-13-15-17-19-21-25-30-34-38-45(48)51-42(40-50-44(47)37-33-29-26-22-23-27-31-35-41(3)4)39-49-43(46)36-32-28-24-20-18-16-14-12-10-8-6-2/h41-42H,5-40H2,1-4H3/t42-/m1/s1. The monoisotopic (exact) mass is 723 g/mol. The van der Waals surface area contributed by atoms with Crippen LogP contribution in [-0.2, 0) is 28.6 Å². The molecule has 51 heavy (non-hydrogen) atoms. The molecule has 0 aromatic heterocycles. The zero-order chi connectivity index (χ0) is 37.5. The molecule has 0 unspecified atom stereocenters. The number of carbonyl (C=O) groups excluding carboxylic acids is 3. The summed E-state index contributed by atoms with van der Waals surface area (Å²) in [6, 6.07) is 0. The fourth-order valence-electron chi connectivity index (χ4n) is 6.63. The van der Waals surface area contributed by atoms with E-state index in [1.54, 1.807) is 0 Å². The van der Waals surface area contributed by atoms with Gasteiger partial charge in [0.2, 0.25) is 0 Å². The number of rotatable bonds is 40. The zero-order valence-electron chi connectivity index (χ0n) is 34.6. The van der Waals surface area contributed by atoms with Crippen molar-refractivity contribution in [1.29, 1.82) is 0 Å². The molecule has 0 aliphatic heterocycles. The van der Waals surface area contributed by atoms with Crippen molar-refractivity contribution in [2.45, 2.75) is 252 Å². The third-order valence-corrected chi connectivity index (χ3v) is 10.0. The van der Waals surface area contributed by atoms with Crippen molar-refractivity contribution in [2.75, 3.05) is 13.2 Å². The zero-order valence-corrected chi connectivity index (χ0v) is 34.6. The minimum Gasteiger partial charge on any atom is -0.462 e. The van der Waals surface area contributed by atoms with Crippen LogP contribution in [0, 0.1) is 5.92 Å². The average Bonchev–Trinajstić information content (AvgIpc) is 3.11. The summed E-state index contributed by atoms with van der Waals surface area (Å²) in [6.07, 6.45) is 38.0. The summed E-state index contributed by atoms with van der Waals surface area (Å²) < 4.78 is 16.7. The quantitative estimate of drug-likeness (QED) is 0.0356. The van der Waals surface area contributed by atoms with Gasteiger partial charge in [0, 0.05) is 19.3 Å². The average molecular weight is 723 g/mol. The first-order valence-corrected chi connectivity index (χ1v) is 22.4. The second kappa shape index (κ2) is 39.6. The van der Waals surface area contributed by atoms with Gasteiger partial charge in [0.05, 0.1) is 0 Å². The van der Waals surface area contributed by atoms with Crippen LogP contribution in [0.2, 0.25) is 0 Å². The van der Waals surface area contributed by atoms with Crippen molar-refractivity contribution in [3.8, 4) is 0 Å². The summed E-state index contributed by atoms with van der Waals surface area (Å²) >= 11 is 0. The minimum atomic E-state index is -0.758. The van der Waals surface area contributed by atoms with Crippen LogP contribution in [0.4, 0.5) is 0 Å². The van der Waals surface area contributed by atoms with Crippen LogP contribution < -0.4 is 0 Å². The Morgan fingerprint density at radius 1 is 0.373 bits per heavy atom. The molecule has 0 saturated heterocycles. The molecule has 0 aromatic carbocycles. The molecular formula is C45H86O6. The highest BCUT2D eigenvalue weighted by Crippen LogP contribution is 2.16. The largest absolute Gasteiger partial charge is 0.462 e. The molecule has 0 aromatic rings. The molecule has 0 rings (SSSR count). The van der Waals surface area contributed by atoms with E-state index in [1.807, 2.05) is 0 Å². The maximum absolute atomic E-state index is 12.7. The van der Waals surface area contributed by atoms with E-state index in [1.165, 1.54) is 141 Å². The molecule has 0 aliphatic rings. The number of carbonyl (C=O) groups is 3. The molecule has 6 heteroatoms. The van der Waals surface area contributed by atoms with Crippen LogP contribution in [-0.4, -0.2) is 37.2 Å². The fourth-order valence-corrected chi connectivity index (χ4v) is 6.63. The molecule has 0 radical (unpaired) electrons. The lowest BCUT2D eigenvalue weighted by Crippen LogP contribution is -2.30. The normalized spacial score (nSPS) is 11.9. The van der Waals surface area contributed by atoms with Crippen molar-refractivity contribution in [1.82, 2.24) is 0 Å². The highest BCUT2D eigenvalue weighted by molar-refractivity contribution is 5.71. The predicted octanol–water partition coefficient (Wildman–Crippen LogP) is 13.9. The highest BCUT2D eigenvalue weighted by atomic mass is 16.6. The summed E-state index contributed by atoms with van der Waals surface area (Å²) in [5, 5.41) is 0. The Labute approximate surface area is 317 Å². The lowest BCUT2D eigenvalue weighted by Gasteiger charge is -2.18. The molecule has 0 heterocycles. The molecule has 0 N–H and O–H groups in total. The van der Waals surface area contributed by atoms with Gasteiger partial charge in [-0.1, -0.05) is 207 Å². The van der Waals surface area contributed by atoms with Crippen molar-refractivity contribution in [3.63, 3.8) is 0 Å². The van der Waals surface area contributed by atoms with Gasteiger partial charge in [-0.05, 0) is 25.2 Å². The molecule has 0 fully saturated rings. The van der Waals surface area contributed by atoms with Crippen LogP contribution in [0.15, 0.2) is 0 Å². The van der Waals surface area contributed by atoms with E-state index < -0.39 is 6.10 Å². The van der Waals surface area contributed by atoms with Crippen molar-refractivity contribution < 1.29 is 28.6 Å². The lowest BCUT2D eigenvalue weighted by atomic mass is 10.0. The van der Waals surface area contributed by atoms with E-state index >= 15 is 0 Å². The van der Waals surface area contributed by atoms with Crippen LogP contribution in [0.5, 0.6) is 0 Å². The molecule has 0 spiro atoms. The Morgan fingerprint density at radius 3 is 0.961 bits per heavy atom. The smallest absolute Gasteiger partial charge is 0.306 e. The second-order valence-electron chi connectivity index (χ2n) is 15.8. The van der Waals surface area contributed by atoms with Gasteiger partial charge in [-0.2, -0.15) is 0 Å². The van der Waals surface area contributed by atoms with E-state index in [0.29, 0.717) is 19.3 Å². The predicted molar refractivity (Wildman–Crippen MR) is 215 cm³/mol. The third-order valence-electron chi connectivity index (χ3n) is 10.0. The van der Waals surface area contributed by atoms with Crippen LogP contribution in [0.25, 0.3) is 0 Å². The fraction of sp³-hybridized carbons (Fsp3) is 0.933. The van der Waals surface area contributed by atoms with E-state index in [4.69, 9.17) is 14.2 Å². The van der Waals surface area contributed by atoms with Gasteiger partial charge in [-0.15, -0.1) is 0 Å². The topological polar surface area (TPSA) is 78.9 Å². The van der Waals surface area contributed by atoms with Crippen molar-refractivity contribution in [2.24, 2.45) is 5.92 Å². The Kier molecular flexibility index (Phi) is 38.4. The van der Waals surface area contributed by atoms with Gasteiger partial charge in [0.1, 0.15) is 13.2 Å². The molecule has 6 nitrogen and oxygen atoms in total. The number of hydrogen-bond donors (Lipinski definition) is 0. The number of esters is 3. The Hall–Kier alpha value is -1.59. The first kappa shape index (κ1) is 49.4. The van der Waals surface area contributed by atoms with Gasteiger partial charge >= 0.3 is 17.9 Å². The van der Waals surface area contributed by atoms with Crippen LogP contribution in [0.1, 0.15) is 246 Å². The van der Waals surface area contributed by atoms with E-state index in [-0.39, 0.29) is 31.1 Å². The van der Waals surface area contributed by atoms with Gasteiger partial charge in [-0.25, -0.2) is 0 Å². The van der Waals surface area contributed by atoms with Gasteiger partial charge in [0.15, 0.2) is 6.10 Å². The first-order chi connectivity index (χ1) is 24.9. The maximum Gasteiger partial charge on any atom is 0.306 e. The Morgan fingerprint density at radius 2 is 0.647 bits per heavy atom. The molecule has 1 atom stereocenters. The lowest BCUT2D eigenvalue weighted by molar-refractivity contribution is -0.167. The van der Waals surface area contributed by atoms with Crippen LogP contribution >= 0.6 is 0 Å².